The van der Waals surface area contributed by atoms with Gasteiger partial charge in [0.2, 0.25) is 10.0 Å². The third-order valence-electron chi connectivity index (χ3n) is 2.55. The van der Waals surface area contributed by atoms with Crippen LogP contribution in [-0.4, -0.2) is 33.8 Å². The second kappa shape index (κ2) is 6.72. The van der Waals surface area contributed by atoms with Gasteiger partial charge in [-0.05, 0) is 43.5 Å². The first-order valence-corrected chi connectivity index (χ1v) is 7.24. The molecule has 102 valence electrons. The van der Waals surface area contributed by atoms with Crippen LogP contribution < -0.4 is 9.46 Å². The molecular formula is C12H19NO4S. The van der Waals surface area contributed by atoms with E-state index in [9.17, 15) is 8.42 Å². The van der Waals surface area contributed by atoms with E-state index in [1.54, 1.807) is 19.1 Å². The number of ether oxygens (including phenoxy) is 1. The fraction of sp³-hybridized carbons (Fsp3) is 0.500. The quantitative estimate of drug-likeness (QED) is 0.728. The summed E-state index contributed by atoms with van der Waals surface area (Å²) >= 11 is 0. The first-order valence-electron chi connectivity index (χ1n) is 5.76. The van der Waals surface area contributed by atoms with Crippen LogP contribution in [0.1, 0.15) is 18.4 Å². The third-order valence-corrected chi connectivity index (χ3v) is 4.17. The van der Waals surface area contributed by atoms with Gasteiger partial charge >= 0.3 is 0 Å². The number of aryl methyl sites for hydroxylation is 1. The van der Waals surface area contributed by atoms with E-state index in [4.69, 9.17) is 9.84 Å². The van der Waals surface area contributed by atoms with Crippen LogP contribution in [0.3, 0.4) is 0 Å². The van der Waals surface area contributed by atoms with E-state index < -0.39 is 10.0 Å². The molecule has 0 spiro atoms. The highest BCUT2D eigenvalue weighted by Crippen LogP contribution is 2.20. The van der Waals surface area contributed by atoms with Crippen LogP contribution in [0.15, 0.2) is 23.1 Å². The van der Waals surface area contributed by atoms with Gasteiger partial charge in [-0.1, -0.05) is 0 Å². The summed E-state index contributed by atoms with van der Waals surface area (Å²) in [5.41, 5.74) is 0.643. The molecule has 0 atom stereocenters. The molecule has 0 aliphatic heterocycles. The Morgan fingerprint density at radius 1 is 1.33 bits per heavy atom. The fourth-order valence-electron chi connectivity index (χ4n) is 1.57. The molecule has 0 fully saturated rings. The lowest BCUT2D eigenvalue weighted by molar-refractivity contribution is 0.285. The summed E-state index contributed by atoms with van der Waals surface area (Å²) in [6.45, 7) is 2.13. The van der Waals surface area contributed by atoms with Gasteiger partial charge in [-0.25, -0.2) is 13.1 Å². The SMILES string of the molecule is COc1ccc(S(=O)(=O)NCCCCO)c(C)c1. The molecule has 0 aliphatic rings. The largest absolute Gasteiger partial charge is 0.497 e. The van der Waals surface area contributed by atoms with E-state index in [-0.39, 0.29) is 11.5 Å². The van der Waals surface area contributed by atoms with Crippen molar-refractivity contribution in [3.05, 3.63) is 23.8 Å². The zero-order valence-corrected chi connectivity index (χ0v) is 11.5. The molecule has 0 radical (unpaired) electrons. The lowest BCUT2D eigenvalue weighted by atomic mass is 10.2. The summed E-state index contributed by atoms with van der Waals surface area (Å²) in [6, 6.07) is 4.83. The maximum Gasteiger partial charge on any atom is 0.240 e. The van der Waals surface area contributed by atoms with Crippen molar-refractivity contribution in [3.63, 3.8) is 0 Å². The van der Waals surface area contributed by atoms with Gasteiger partial charge in [0.25, 0.3) is 0 Å². The number of unbranched alkanes of at least 4 members (excludes halogenated alkanes) is 1. The predicted octanol–water partition coefficient (Wildman–Crippen LogP) is 1.05. The van der Waals surface area contributed by atoms with Gasteiger partial charge in [-0.2, -0.15) is 0 Å². The number of benzene rings is 1. The second-order valence-electron chi connectivity index (χ2n) is 3.96. The zero-order valence-electron chi connectivity index (χ0n) is 10.6. The van der Waals surface area contributed by atoms with Crippen molar-refractivity contribution in [2.24, 2.45) is 0 Å². The highest BCUT2D eigenvalue weighted by Gasteiger charge is 2.16. The average Bonchev–Trinajstić information content (AvgIpc) is 2.34. The number of hydrogen-bond acceptors (Lipinski definition) is 4. The molecule has 0 heterocycles. The summed E-state index contributed by atoms with van der Waals surface area (Å²) < 4.78 is 31.5. The van der Waals surface area contributed by atoms with Crippen LogP contribution >= 0.6 is 0 Å². The Balaban J connectivity index is 2.78. The molecule has 0 aliphatic carbocycles. The minimum atomic E-state index is -3.48. The number of rotatable bonds is 7. The highest BCUT2D eigenvalue weighted by molar-refractivity contribution is 7.89. The minimum absolute atomic E-state index is 0.0727. The van der Waals surface area contributed by atoms with Crippen molar-refractivity contribution in [3.8, 4) is 5.75 Å². The molecule has 1 rings (SSSR count). The maximum absolute atomic E-state index is 12.0. The first-order chi connectivity index (χ1) is 8.51. The van der Waals surface area contributed by atoms with E-state index in [1.807, 2.05) is 0 Å². The van der Waals surface area contributed by atoms with Gasteiger partial charge in [0.1, 0.15) is 5.75 Å². The van der Waals surface area contributed by atoms with Crippen molar-refractivity contribution >= 4 is 10.0 Å². The Morgan fingerprint density at radius 2 is 2.06 bits per heavy atom. The average molecular weight is 273 g/mol. The van der Waals surface area contributed by atoms with E-state index >= 15 is 0 Å². The van der Waals surface area contributed by atoms with Crippen LogP contribution in [0.25, 0.3) is 0 Å². The van der Waals surface area contributed by atoms with Crippen LogP contribution in [0.5, 0.6) is 5.75 Å². The molecule has 0 amide bonds. The van der Waals surface area contributed by atoms with Crippen LogP contribution in [0, 0.1) is 6.92 Å². The monoisotopic (exact) mass is 273 g/mol. The molecule has 1 aromatic rings. The van der Waals surface area contributed by atoms with Gasteiger partial charge in [-0.15, -0.1) is 0 Å². The van der Waals surface area contributed by atoms with Crippen LogP contribution in [0.4, 0.5) is 0 Å². The summed E-state index contributed by atoms with van der Waals surface area (Å²) in [5, 5.41) is 8.62. The van der Waals surface area contributed by atoms with Gasteiger partial charge in [0.05, 0.1) is 12.0 Å². The van der Waals surface area contributed by atoms with Crippen molar-refractivity contribution in [2.75, 3.05) is 20.3 Å². The van der Waals surface area contributed by atoms with Crippen molar-refractivity contribution < 1.29 is 18.3 Å². The number of methoxy groups -OCH3 is 1. The smallest absolute Gasteiger partial charge is 0.240 e. The molecule has 5 nitrogen and oxygen atoms in total. The molecule has 0 saturated heterocycles. The summed E-state index contributed by atoms with van der Waals surface area (Å²) in [7, 11) is -1.95. The number of aliphatic hydroxyl groups is 1. The molecule has 2 N–H and O–H groups in total. The first kappa shape index (κ1) is 14.9. The van der Waals surface area contributed by atoms with Crippen LogP contribution in [-0.2, 0) is 10.0 Å². The minimum Gasteiger partial charge on any atom is -0.497 e. The van der Waals surface area contributed by atoms with Crippen LogP contribution in [0.2, 0.25) is 0 Å². The zero-order chi connectivity index (χ0) is 13.6. The topological polar surface area (TPSA) is 75.6 Å². The van der Waals surface area contributed by atoms with E-state index in [0.717, 1.165) is 0 Å². The number of sulfonamides is 1. The summed E-state index contributed by atoms with van der Waals surface area (Å²) in [5.74, 6) is 0.631. The molecule has 6 heteroatoms. The Hall–Kier alpha value is -1.11. The Bertz CT molecular complexity index is 485. The molecule has 0 aromatic heterocycles. The molecule has 1 aromatic carbocycles. The Morgan fingerprint density at radius 3 is 2.61 bits per heavy atom. The van der Waals surface area contributed by atoms with Gasteiger partial charge in [-0.3, -0.25) is 0 Å². The maximum atomic E-state index is 12.0. The molecule has 0 unspecified atom stereocenters. The van der Waals surface area contributed by atoms with E-state index in [0.29, 0.717) is 30.7 Å². The summed E-state index contributed by atoms with van der Waals surface area (Å²) in [4.78, 5) is 0.257. The van der Waals surface area contributed by atoms with Gasteiger partial charge < -0.3 is 9.84 Å². The normalized spacial score (nSPS) is 11.5. The lowest BCUT2D eigenvalue weighted by Gasteiger charge is -2.10. The van der Waals surface area contributed by atoms with Crippen molar-refractivity contribution in [1.82, 2.24) is 4.72 Å². The van der Waals surface area contributed by atoms with Crippen molar-refractivity contribution in [2.45, 2.75) is 24.7 Å². The standard InChI is InChI=1S/C12H19NO4S/c1-10-9-11(17-2)5-6-12(10)18(15,16)13-7-3-4-8-14/h5-6,9,13-14H,3-4,7-8H2,1-2H3. The Kier molecular flexibility index (Phi) is 5.58. The predicted molar refractivity (Wildman–Crippen MR) is 69.2 cm³/mol. The fourth-order valence-corrected chi connectivity index (χ4v) is 2.87. The third kappa shape index (κ3) is 3.97. The lowest BCUT2D eigenvalue weighted by Crippen LogP contribution is -2.25. The summed E-state index contributed by atoms with van der Waals surface area (Å²) in [6.07, 6.45) is 1.20. The molecule has 0 saturated carbocycles. The van der Waals surface area contributed by atoms with E-state index in [1.165, 1.54) is 13.2 Å². The molecule has 0 bridgehead atoms. The molecular weight excluding hydrogens is 254 g/mol. The second-order valence-corrected chi connectivity index (χ2v) is 5.70. The Labute approximate surface area is 108 Å². The number of hydrogen-bond donors (Lipinski definition) is 2. The van der Waals surface area contributed by atoms with Gasteiger partial charge in [0.15, 0.2) is 0 Å². The number of aliphatic hydroxyl groups excluding tert-OH is 1. The van der Waals surface area contributed by atoms with Crippen molar-refractivity contribution in [1.29, 1.82) is 0 Å². The molecule has 18 heavy (non-hydrogen) atoms. The van der Waals surface area contributed by atoms with E-state index in [2.05, 4.69) is 4.72 Å². The number of nitrogens with one attached hydrogen (secondary N) is 1. The van der Waals surface area contributed by atoms with Gasteiger partial charge in [0, 0.05) is 13.2 Å². The highest BCUT2D eigenvalue weighted by atomic mass is 32.2.